The fraction of sp³-hybridized carbons (Fsp3) is 0.231. The zero-order chi connectivity index (χ0) is 13.7. The molecule has 2 aromatic heterocycles. The largest absolute Gasteiger partial charge is 0.476 e. The van der Waals surface area contributed by atoms with Crippen molar-refractivity contribution >= 4 is 0 Å². The summed E-state index contributed by atoms with van der Waals surface area (Å²) >= 11 is 0. The van der Waals surface area contributed by atoms with Gasteiger partial charge in [-0.2, -0.15) is 9.37 Å². The van der Waals surface area contributed by atoms with E-state index < -0.39 is 23.5 Å². The number of ether oxygens (including phenoxy) is 1. The van der Waals surface area contributed by atoms with Gasteiger partial charge in [0.25, 0.3) is 11.8 Å². The molecular weight excluding hydrogens is 257 g/mol. The molecule has 19 heavy (non-hydrogen) atoms. The van der Waals surface area contributed by atoms with Gasteiger partial charge in [0, 0.05) is 18.5 Å². The lowest BCUT2D eigenvalue weighted by Gasteiger charge is -2.06. The van der Waals surface area contributed by atoms with Gasteiger partial charge < -0.3 is 4.74 Å². The van der Waals surface area contributed by atoms with Crippen LogP contribution in [0.2, 0.25) is 0 Å². The Kier molecular flexibility index (Phi) is 4.33. The van der Waals surface area contributed by atoms with E-state index in [1.54, 1.807) is 12.4 Å². The maximum Gasteiger partial charge on any atom is 0.253 e. The first-order valence-electron chi connectivity index (χ1n) is 5.70. The Balaban J connectivity index is 1.85. The summed E-state index contributed by atoms with van der Waals surface area (Å²) in [6.45, 7) is 0.164. The zero-order valence-corrected chi connectivity index (χ0v) is 9.94. The third-order valence-electron chi connectivity index (χ3n) is 2.45. The summed E-state index contributed by atoms with van der Waals surface area (Å²) in [6, 6.07) is 4.13. The fourth-order valence-electron chi connectivity index (χ4n) is 1.52. The molecule has 0 spiro atoms. The first-order valence-corrected chi connectivity index (χ1v) is 5.70. The zero-order valence-electron chi connectivity index (χ0n) is 9.94. The maximum atomic E-state index is 13.2. The molecule has 100 valence electrons. The molecule has 0 aliphatic rings. The van der Waals surface area contributed by atoms with Crippen molar-refractivity contribution in [1.29, 1.82) is 0 Å². The molecule has 0 bridgehead atoms. The normalized spacial score (nSPS) is 10.5. The third-order valence-corrected chi connectivity index (χ3v) is 2.45. The highest BCUT2D eigenvalue weighted by Crippen LogP contribution is 2.16. The molecular formula is C13H11F3N2O. The Morgan fingerprint density at radius 3 is 2.53 bits per heavy atom. The molecule has 2 heterocycles. The Labute approximate surface area is 108 Å². The molecule has 6 heteroatoms. The predicted molar refractivity (Wildman–Crippen MR) is 62.2 cm³/mol. The molecule has 0 aromatic carbocycles. The van der Waals surface area contributed by atoms with Crippen LogP contribution >= 0.6 is 0 Å². The summed E-state index contributed by atoms with van der Waals surface area (Å²) in [5.74, 6) is -4.23. The third kappa shape index (κ3) is 3.67. The van der Waals surface area contributed by atoms with Crippen LogP contribution in [0.3, 0.4) is 0 Å². The molecule has 0 aliphatic heterocycles. The lowest BCUT2D eigenvalue weighted by Crippen LogP contribution is -2.05. The highest BCUT2D eigenvalue weighted by molar-refractivity contribution is 5.15. The van der Waals surface area contributed by atoms with Gasteiger partial charge in [-0.05, 0) is 30.5 Å². The molecule has 0 unspecified atom stereocenters. The molecule has 0 amide bonds. The van der Waals surface area contributed by atoms with E-state index in [-0.39, 0.29) is 6.61 Å². The minimum absolute atomic E-state index is 0.164. The maximum absolute atomic E-state index is 13.2. The molecule has 0 saturated heterocycles. The smallest absolute Gasteiger partial charge is 0.253 e. The summed E-state index contributed by atoms with van der Waals surface area (Å²) < 4.78 is 43.6. The number of hydrogen-bond donors (Lipinski definition) is 0. The molecule has 2 rings (SSSR count). The van der Waals surface area contributed by atoms with Crippen LogP contribution in [0.25, 0.3) is 0 Å². The van der Waals surface area contributed by atoms with Crippen molar-refractivity contribution in [3.63, 3.8) is 0 Å². The average molecular weight is 268 g/mol. The van der Waals surface area contributed by atoms with Crippen LogP contribution in [0, 0.1) is 17.6 Å². The van der Waals surface area contributed by atoms with E-state index in [0.717, 1.165) is 5.56 Å². The molecule has 2 aromatic rings. The molecule has 0 N–H and O–H groups in total. The van der Waals surface area contributed by atoms with E-state index >= 15 is 0 Å². The van der Waals surface area contributed by atoms with Gasteiger partial charge in [0.15, 0.2) is 11.6 Å². The van der Waals surface area contributed by atoms with Crippen LogP contribution in [-0.4, -0.2) is 16.6 Å². The van der Waals surface area contributed by atoms with Gasteiger partial charge in [-0.3, -0.25) is 4.98 Å². The first kappa shape index (κ1) is 13.3. The molecule has 0 saturated carbocycles. The van der Waals surface area contributed by atoms with E-state index in [4.69, 9.17) is 4.74 Å². The van der Waals surface area contributed by atoms with Crippen LogP contribution in [0.15, 0.2) is 30.6 Å². The van der Waals surface area contributed by atoms with E-state index in [2.05, 4.69) is 9.97 Å². The van der Waals surface area contributed by atoms with Crippen LogP contribution in [0.1, 0.15) is 12.0 Å². The van der Waals surface area contributed by atoms with Crippen molar-refractivity contribution in [1.82, 2.24) is 9.97 Å². The van der Waals surface area contributed by atoms with Crippen molar-refractivity contribution in [2.45, 2.75) is 12.8 Å². The van der Waals surface area contributed by atoms with Crippen LogP contribution in [0.5, 0.6) is 5.88 Å². The van der Waals surface area contributed by atoms with Crippen LogP contribution in [-0.2, 0) is 6.42 Å². The van der Waals surface area contributed by atoms with Crippen LogP contribution < -0.4 is 4.74 Å². The number of hydrogen-bond acceptors (Lipinski definition) is 3. The Hall–Kier alpha value is -2.11. The Morgan fingerprint density at radius 2 is 1.79 bits per heavy atom. The minimum Gasteiger partial charge on any atom is -0.476 e. The standard InChI is InChI=1S/C13H11F3N2O/c14-10-8-11(15)13(18-12(10)16)19-7-1-2-9-3-5-17-6-4-9/h3-6,8H,1-2,7H2. The van der Waals surface area contributed by atoms with Crippen molar-refractivity contribution in [3.05, 3.63) is 53.7 Å². The number of nitrogens with zero attached hydrogens (tertiary/aromatic N) is 2. The summed E-state index contributed by atoms with van der Waals surface area (Å²) in [6.07, 6.45) is 4.66. The quantitative estimate of drug-likeness (QED) is 0.617. The number of aromatic nitrogens is 2. The molecule has 0 fully saturated rings. The van der Waals surface area contributed by atoms with E-state index in [0.29, 0.717) is 18.9 Å². The molecule has 0 aliphatic carbocycles. The lowest BCUT2D eigenvalue weighted by molar-refractivity contribution is 0.274. The summed E-state index contributed by atoms with van der Waals surface area (Å²) in [5.41, 5.74) is 1.07. The van der Waals surface area contributed by atoms with Gasteiger partial charge in [0.05, 0.1) is 6.61 Å². The summed E-state index contributed by atoms with van der Waals surface area (Å²) in [4.78, 5) is 6.95. The second-order valence-electron chi connectivity index (χ2n) is 3.86. The topological polar surface area (TPSA) is 35.0 Å². The summed E-state index contributed by atoms with van der Waals surface area (Å²) in [7, 11) is 0. The highest BCUT2D eigenvalue weighted by Gasteiger charge is 2.12. The number of aryl methyl sites for hydroxylation is 1. The van der Waals surface area contributed by atoms with E-state index in [1.807, 2.05) is 12.1 Å². The van der Waals surface area contributed by atoms with Crippen molar-refractivity contribution < 1.29 is 17.9 Å². The first-order chi connectivity index (χ1) is 9.16. The minimum atomic E-state index is -1.37. The van der Waals surface area contributed by atoms with Gasteiger partial charge >= 0.3 is 0 Å². The Morgan fingerprint density at radius 1 is 1.05 bits per heavy atom. The molecule has 0 atom stereocenters. The predicted octanol–water partition coefficient (Wildman–Crippen LogP) is 2.91. The second kappa shape index (κ2) is 6.17. The summed E-state index contributed by atoms with van der Waals surface area (Å²) in [5, 5.41) is 0. The number of rotatable bonds is 5. The van der Waals surface area contributed by atoms with Crippen LogP contribution in [0.4, 0.5) is 13.2 Å². The highest BCUT2D eigenvalue weighted by atomic mass is 19.2. The van der Waals surface area contributed by atoms with E-state index in [9.17, 15) is 13.2 Å². The van der Waals surface area contributed by atoms with E-state index in [1.165, 1.54) is 0 Å². The van der Waals surface area contributed by atoms with Gasteiger partial charge in [0.1, 0.15) is 0 Å². The number of halogens is 3. The van der Waals surface area contributed by atoms with Crippen molar-refractivity contribution in [2.75, 3.05) is 6.61 Å². The van der Waals surface area contributed by atoms with Gasteiger partial charge in [0.2, 0.25) is 0 Å². The van der Waals surface area contributed by atoms with Gasteiger partial charge in [-0.15, -0.1) is 0 Å². The van der Waals surface area contributed by atoms with Crippen molar-refractivity contribution in [3.8, 4) is 5.88 Å². The van der Waals surface area contributed by atoms with Gasteiger partial charge in [-0.1, -0.05) is 0 Å². The second-order valence-corrected chi connectivity index (χ2v) is 3.86. The molecule has 0 radical (unpaired) electrons. The number of pyridine rings is 2. The lowest BCUT2D eigenvalue weighted by atomic mass is 10.1. The average Bonchev–Trinajstić information content (AvgIpc) is 2.41. The van der Waals surface area contributed by atoms with Crippen molar-refractivity contribution in [2.24, 2.45) is 0 Å². The molecule has 3 nitrogen and oxygen atoms in total. The monoisotopic (exact) mass is 268 g/mol. The van der Waals surface area contributed by atoms with Gasteiger partial charge in [-0.25, -0.2) is 8.78 Å². The fourth-order valence-corrected chi connectivity index (χ4v) is 1.52. The Bertz CT molecular complexity index is 549. The SMILES string of the molecule is Fc1cc(F)c(OCCCc2ccncc2)nc1F.